The second-order valence-corrected chi connectivity index (χ2v) is 21.0. The minimum absolute atomic E-state index is 0.576. The molecule has 3 nitrogen and oxygen atoms in total. The molecule has 3 aliphatic rings. The summed E-state index contributed by atoms with van der Waals surface area (Å²) in [5.74, 6) is 0. The Kier molecular flexibility index (Phi) is 8.69. The smallest absolute Gasteiger partial charge is 0.143 e. The highest BCUT2D eigenvalue weighted by molar-refractivity contribution is 6.13. The Morgan fingerprint density at radius 1 is 0.338 bits per heavy atom. The number of fused-ring (bicyclic) bond motifs is 18. The minimum Gasteiger partial charge on any atom is -0.455 e. The summed E-state index contributed by atoms with van der Waals surface area (Å²) in [6.07, 6.45) is 0. The molecular formula is C74H46N2O. The summed E-state index contributed by atoms with van der Waals surface area (Å²) in [5, 5.41) is 4.78. The van der Waals surface area contributed by atoms with Crippen LogP contribution < -0.4 is 4.90 Å². The molecule has 1 aliphatic heterocycles. The molecule has 0 fully saturated rings. The zero-order chi connectivity index (χ0) is 50.4. The molecule has 2 aliphatic carbocycles. The second-order valence-electron chi connectivity index (χ2n) is 21.0. The van der Waals surface area contributed by atoms with Gasteiger partial charge >= 0.3 is 0 Å². The van der Waals surface area contributed by atoms with Crippen molar-refractivity contribution in [1.29, 1.82) is 0 Å². The molecule has 1 spiro atoms. The molecule has 17 rings (SSSR count). The summed E-state index contributed by atoms with van der Waals surface area (Å²) < 4.78 is 9.19. The fraction of sp³-hybridized carbons (Fsp3) is 0.0270. The molecule has 12 aromatic carbocycles. The van der Waals surface area contributed by atoms with Gasteiger partial charge in [-0.3, -0.25) is 0 Å². The molecule has 0 radical (unpaired) electrons. The topological polar surface area (TPSA) is 21.3 Å². The highest BCUT2D eigenvalue weighted by Gasteiger charge is 2.52. The van der Waals surface area contributed by atoms with Crippen LogP contribution in [-0.2, 0) is 10.8 Å². The van der Waals surface area contributed by atoms with Gasteiger partial charge in [0.25, 0.3) is 0 Å². The third kappa shape index (κ3) is 5.49. The van der Waals surface area contributed by atoms with Gasteiger partial charge in [-0.15, -0.1) is 0 Å². The van der Waals surface area contributed by atoms with Crippen molar-refractivity contribution in [3.05, 3.63) is 324 Å². The van der Waals surface area contributed by atoms with Crippen molar-refractivity contribution in [3.8, 4) is 39.1 Å². The third-order valence-corrected chi connectivity index (χ3v) is 17.5. The number of furan rings is 1. The van der Waals surface area contributed by atoms with Crippen LogP contribution in [0.1, 0.15) is 44.5 Å². The van der Waals surface area contributed by atoms with Crippen molar-refractivity contribution in [2.75, 3.05) is 4.90 Å². The minimum atomic E-state index is -0.621. The van der Waals surface area contributed by atoms with E-state index in [2.05, 4.69) is 282 Å². The first-order chi connectivity index (χ1) is 38.2. The number of nitrogens with zero attached hydrogens (tertiary/aromatic N) is 2. The van der Waals surface area contributed by atoms with Gasteiger partial charge in [-0.2, -0.15) is 0 Å². The van der Waals surface area contributed by atoms with E-state index in [0.717, 1.165) is 50.1 Å². The largest absolute Gasteiger partial charge is 0.455 e. The number of hydrogen-bond acceptors (Lipinski definition) is 2. The van der Waals surface area contributed by atoms with E-state index in [4.69, 9.17) is 4.42 Å². The van der Waals surface area contributed by atoms with Crippen LogP contribution in [0.15, 0.2) is 283 Å². The summed E-state index contributed by atoms with van der Waals surface area (Å²) in [6.45, 7) is 0. The second kappa shape index (κ2) is 15.8. The van der Waals surface area contributed by atoms with Gasteiger partial charge in [-0.25, -0.2) is 0 Å². The predicted octanol–water partition coefficient (Wildman–Crippen LogP) is 18.9. The van der Waals surface area contributed by atoms with E-state index in [-0.39, 0.29) is 0 Å². The van der Waals surface area contributed by atoms with E-state index in [9.17, 15) is 0 Å². The molecule has 0 amide bonds. The van der Waals surface area contributed by atoms with Crippen LogP contribution in [0.3, 0.4) is 0 Å². The lowest BCUT2D eigenvalue weighted by atomic mass is 9.65. The number of aromatic nitrogens is 1. The van der Waals surface area contributed by atoms with Crippen molar-refractivity contribution < 1.29 is 4.42 Å². The van der Waals surface area contributed by atoms with E-state index < -0.39 is 10.8 Å². The fourth-order valence-electron chi connectivity index (χ4n) is 14.5. The molecule has 77 heavy (non-hydrogen) atoms. The maximum absolute atomic E-state index is 6.63. The van der Waals surface area contributed by atoms with Crippen LogP contribution >= 0.6 is 0 Å². The van der Waals surface area contributed by atoms with Crippen molar-refractivity contribution in [1.82, 2.24) is 4.57 Å². The number of rotatable bonds is 6. The SMILES string of the molecule is c1ccc(C2(c3ccccc3)c3ccccc3-c3c(N(c4ccc(-c5cccc6c5oc5ccccc56)cc4)c4ccc5c(c4)C4(c6ccccc6-c6ccccc64)c4cccc6c7ccccc7n-5c46)cccc32)cc1. The molecular weight excluding hydrogens is 933 g/mol. The quantitative estimate of drug-likeness (QED) is 0.166. The molecule has 0 bridgehead atoms. The maximum Gasteiger partial charge on any atom is 0.143 e. The summed E-state index contributed by atoms with van der Waals surface area (Å²) in [7, 11) is 0. The lowest BCUT2D eigenvalue weighted by Crippen LogP contribution is -2.33. The normalized spacial score (nSPS) is 13.9. The highest BCUT2D eigenvalue weighted by Crippen LogP contribution is 2.63. The maximum atomic E-state index is 6.63. The molecule has 14 aromatic rings. The Bertz CT molecular complexity index is 4670. The van der Waals surface area contributed by atoms with E-state index in [1.807, 2.05) is 6.07 Å². The van der Waals surface area contributed by atoms with Gasteiger partial charge < -0.3 is 13.9 Å². The molecule has 0 saturated heterocycles. The van der Waals surface area contributed by atoms with Gasteiger partial charge in [0.1, 0.15) is 11.2 Å². The zero-order valence-electron chi connectivity index (χ0n) is 41.9. The zero-order valence-corrected chi connectivity index (χ0v) is 41.9. The van der Waals surface area contributed by atoms with Gasteiger partial charge in [0, 0.05) is 44.0 Å². The summed E-state index contributed by atoms with van der Waals surface area (Å²) in [4.78, 5) is 2.54. The monoisotopic (exact) mass is 978 g/mol. The number of benzene rings is 12. The lowest BCUT2D eigenvalue weighted by molar-refractivity contribution is 0.670. The number of anilines is 3. The van der Waals surface area contributed by atoms with Crippen molar-refractivity contribution in [2.45, 2.75) is 10.8 Å². The van der Waals surface area contributed by atoms with Crippen molar-refractivity contribution in [3.63, 3.8) is 0 Å². The van der Waals surface area contributed by atoms with E-state index in [1.165, 1.54) is 94.3 Å². The van der Waals surface area contributed by atoms with Crippen LogP contribution in [0.5, 0.6) is 0 Å². The van der Waals surface area contributed by atoms with Crippen LogP contribution in [-0.4, -0.2) is 4.57 Å². The molecule has 3 heteroatoms. The molecule has 0 N–H and O–H groups in total. The standard InChI is InChI=1S/C74H46N2O/c1-3-20-48(21-4-1)73(49-22-5-2-6-23-49)62-34-14-9-28-59(62)70-63(73)35-19-38-68(70)75(50-42-40-47(41-43-50)52-29-17-31-58-56-27-11-16-39-69(56)77-72(52)58)51-44-45-67-65(46-51)74(60-32-12-7-24-53(60)54-25-8-13-33-61(54)74)64-36-18-30-57-55-26-10-15-37-66(55)76(67)71(57)64/h1-46H. The molecule has 3 heterocycles. The molecule has 0 saturated carbocycles. The Balaban J connectivity index is 0.969. The van der Waals surface area contributed by atoms with Crippen LogP contribution in [0.25, 0.3) is 82.8 Å². The first-order valence-corrected chi connectivity index (χ1v) is 26.7. The Morgan fingerprint density at radius 3 is 1.61 bits per heavy atom. The lowest BCUT2D eigenvalue weighted by Gasteiger charge is -2.40. The predicted molar refractivity (Wildman–Crippen MR) is 316 cm³/mol. The molecule has 358 valence electrons. The van der Waals surface area contributed by atoms with E-state index in [0.29, 0.717) is 0 Å². The van der Waals surface area contributed by atoms with Gasteiger partial charge in [0.15, 0.2) is 0 Å². The Labute approximate surface area is 445 Å². The Morgan fingerprint density at radius 2 is 0.870 bits per heavy atom. The van der Waals surface area contributed by atoms with Crippen molar-refractivity contribution >= 4 is 60.8 Å². The summed E-state index contributed by atoms with van der Waals surface area (Å²) in [6, 6.07) is 104. The van der Waals surface area contributed by atoms with Gasteiger partial charge in [0.2, 0.25) is 0 Å². The van der Waals surface area contributed by atoms with Crippen LogP contribution in [0.4, 0.5) is 17.1 Å². The van der Waals surface area contributed by atoms with E-state index >= 15 is 0 Å². The van der Waals surface area contributed by atoms with Gasteiger partial charge in [-0.1, -0.05) is 231 Å². The number of para-hydroxylation sites is 4. The average molecular weight is 979 g/mol. The van der Waals surface area contributed by atoms with Gasteiger partial charge in [-0.05, 0) is 115 Å². The highest BCUT2D eigenvalue weighted by atomic mass is 16.3. The molecule has 0 unspecified atom stereocenters. The third-order valence-electron chi connectivity index (χ3n) is 17.5. The summed E-state index contributed by atoms with van der Waals surface area (Å²) in [5.41, 5.74) is 24.9. The van der Waals surface area contributed by atoms with Crippen molar-refractivity contribution in [2.24, 2.45) is 0 Å². The van der Waals surface area contributed by atoms with Gasteiger partial charge in [0.05, 0.1) is 33.2 Å². The fourth-order valence-corrected chi connectivity index (χ4v) is 14.5. The van der Waals surface area contributed by atoms with E-state index in [1.54, 1.807) is 0 Å². The Hall–Kier alpha value is -9.96. The van der Waals surface area contributed by atoms with Crippen LogP contribution in [0, 0.1) is 0 Å². The summed E-state index contributed by atoms with van der Waals surface area (Å²) >= 11 is 0. The first kappa shape index (κ1) is 42.4. The number of hydrogen-bond donors (Lipinski definition) is 0. The average Bonchev–Trinajstić information content (AvgIpc) is 4.34. The molecule has 0 atom stereocenters. The molecule has 2 aromatic heterocycles. The van der Waals surface area contributed by atoms with Crippen LogP contribution in [0.2, 0.25) is 0 Å². The first-order valence-electron chi connectivity index (χ1n) is 26.7.